The predicted octanol–water partition coefficient (Wildman–Crippen LogP) is 4.07. The van der Waals surface area contributed by atoms with Crippen LogP contribution in [0.5, 0.6) is 0 Å². The number of hydrogen-bond acceptors (Lipinski definition) is 4. The lowest BCUT2D eigenvalue weighted by molar-refractivity contribution is 0.624. The highest BCUT2D eigenvalue weighted by Crippen LogP contribution is 2.38. The molecule has 0 saturated heterocycles. The van der Waals surface area contributed by atoms with Crippen LogP contribution in [0.1, 0.15) is 41.7 Å². The van der Waals surface area contributed by atoms with Crippen LogP contribution in [0.2, 0.25) is 0 Å². The van der Waals surface area contributed by atoms with Crippen molar-refractivity contribution in [3.05, 3.63) is 20.6 Å². The zero-order valence-corrected chi connectivity index (χ0v) is 12.2. The third kappa shape index (κ3) is 2.05. The first-order chi connectivity index (χ1) is 9.22. The summed E-state index contributed by atoms with van der Waals surface area (Å²) in [5, 5.41) is 10.2. The lowest BCUT2D eigenvalue weighted by atomic mass is 9.96. The summed E-state index contributed by atoms with van der Waals surface area (Å²) in [5.74, 6) is 0. The molecule has 0 bridgehead atoms. The van der Waals surface area contributed by atoms with Gasteiger partial charge in [0, 0.05) is 10.3 Å². The smallest absolute Gasteiger partial charge is 0.124 e. The zero-order valence-electron chi connectivity index (χ0n) is 10.6. The number of rotatable bonds is 0. The van der Waals surface area contributed by atoms with E-state index < -0.39 is 0 Å². The monoisotopic (exact) mass is 289 g/mol. The Labute approximate surface area is 121 Å². The lowest BCUT2D eigenvalue weighted by Gasteiger charge is -2.10. The third-order valence-corrected chi connectivity index (χ3v) is 5.29. The van der Waals surface area contributed by atoms with Crippen LogP contribution in [0, 0.1) is 16.0 Å². The van der Waals surface area contributed by atoms with Gasteiger partial charge < -0.3 is 10.7 Å². The largest absolute Gasteiger partial charge is 0.397 e. The first-order valence-electron chi connectivity index (χ1n) is 6.58. The molecule has 19 heavy (non-hydrogen) atoms. The Kier molecular flexibility index (Phi) is 3.29. The number of nitrogens with two attached hydrogens (primary N) is 1. The maximum atomic E-state index is 9.19. The van der Waals surface area contributed by atoms with E-state index in [0.717, 1.165) is 23.1 Å². The molecule has 0 aliphatic heterocycles. The molecule has 0 aromatic carbocycles. The molecule has 0 spiro atoms. The molecule has 0 amide bonds. The number of fused-ring (bicyclic) bond motifs is 3. The van der Waals surface area contributed by atoms with E-state index in [9.17, 15) is 5.26 Å². The highest BCUT2D eigenvalue weighted by molar-refractivity contribution is 7.71. The summed E-state index contributed by atoms with van der Waals surface area (Å²) in [7, 11) is 0. The SMILES string of the molecule is N#Cc1c(N)c2c3c(sc2[nH]c1=S)CCCCCC3. The fraction of sp³-hybridized carbons (Fsp3) is 0.429. The van der Waals surface area contributed by atoms with Gasteiger partial charge in [-0.15, -0.1) is 11.3 Å². The van der Waals surface area contributed by atoms with Crippen LogP contribution in [0.15, 0.2) is 0 Å². The molecule has 0 atom stereocenters. The number of aromatic nitrogens is 1. The van der Waals surface area contributed by atoms with E-state index in [1.54, 1.807) is 11.3 Å². The Bertz CT molecular complexity index is 734. The Morgan fingerprint density at radius 3 is 2.68 bits per heavy atom. The minimum absolute atomic E-state index is 0.421. The van der Waals surface area contributed by atoms with Crippen LogP contribution in [0.4, 0.5) is 5.69 Å². The second kappa shape index (κ2) is 4.95. The van der Waals surface area contributed by atoms with Crippen LogP contribution in [-0.4, -0.2) is 4.98 Å². The summed E-state index contributed by atoms with van der Waals surface area (Å²) in [6, 6.07) is 2.12. The molecular weight excluding hydrogens is 274 g/mol. The van der Waals surface area contributed by atoms with Crippen molar-refractivity contribution >= 4 is 39.5 Å². The highest BCUT2D eigenvalue weighted by Gasteiger charge is 2.18. The first-order valence-corrected chi connectivity index (χ1v) is 7.81. The van der Waals surface area contributed by atoms with Gasteiger partial charge in [-0.2, -0.15) is 5.26 Å². The molecule has 0 radical (unpaired) electrons. The second-order valence-electron chi connectivity index (χ2n) is 4.98. The van der Waals surface area contributed by atoms with Gasteiger partial charge in [-0.25, -0.2) is 0 Å². The van der Waals surface area contributed by atoms with Crippen LogP contribution in [0.3, 0.4) is 0 Å². The molecule has 1 aliphatic rings. The topological polar surface area (TPSA) is 65.6 Å². The van der Waals surface area contributed by atoms with Crippen molar-refractivity contribution < 1.29 is 0 Å². The van der Waals surface area contributed by atoms with E-state index in [2.05, 4.69) is 11.1 Å². The molecule has 0 saturated carbocycles. The van der Waals surface area contributed by atoms with Gasteiger partial charge in [0.05, 0.1) is 5.69 Å². The molecule has 3 nitrogen and oxygen atoms in total. The molecule has 3 N–H and O–H groups in total. The molecule has 0 unspecified atom stereocenters. The van der Waals surface area contributed by atoms with Crippen LogP contribution in [-0.2, 0) is 12.8 Å². The van der Waals surface area contributed by atoms with Gasteiger partial charge in [0.1, 0.15) is 21.1 Å². The number of nitrogens with one attached hydrogen (secondary N) is 1. The molecule has 5 heteroatoms. The maximum absolute atomic E-state index is 9.19. The summed E-state index contributed by atoms with van der Waals surface area (Å²) >= 11 is 6.97. The summed E-state index contributed by atoms with van der Waals surface area (Å²) in [6.45, 7) is 0. The number of anilines is 1. The minimum Gasteiger partial charge on any atom is -0.397 e. The minimum atomic E-state index is 0.421. The highest BCUT2D eigenvalue weighted by atomic mass is 32.1. The van der Waals surface area contributed by atoms with Gasteiger partial charge >= 0.3 is 0 Å². The molecule has 2 aromatic heterocycles. The zero-order chi connectivity index (χ0) is 13.4. The van der Waals surface area contributed by atoms with Crippen molar-refractivity contribution in [2.24, 2.45) is 0 Å². The van der Waals surface area contributed by atoms with E-state index >= 15 is 0 Å². The Hall–Kier alpha value is -1.38. The number of pyridine rings is 1. The van der Waals surface area contributed by atoms with Crippen molar-refractivity contribution in [2.75, 3.05) is 5.73 Å². The number of nitriles is 1. The van der Waals surface area contributed by atoms with Gasteiger partial charge in [0.2, 0.25) is 0 Å². The van der Waals surface area contributed by atoms with E-state index in [0.29, 0.717) is 15.9 Å². The van der Waals surface area contributed by atoms with Crippen molar-refractivity contribution in [1.82, 2.24) is 4.98 Å². The van der Waals surface area contributed by atoms with E-state index in [1.807, 2.05) is 0 Å². The van der Waals surface area contributed by atoms with E-state index in [-0.39, 0.29) is 0 Å². The fourth-order valence-electron chi connectivity index (χ4n) is 2.82. The molecule has 0 fully saturated rings. The molecule has 2 aromatic rings. The number of nitrogen functional groups attached to an aromatic ring is 1. The van der Waals surface area contributed by atoms with E-state index in [4.69, 9.17) is 18.0 Å². The number of nitrogens with zero attached hydrogens (tertiary/aromatic N) is 1. The van der Waals surface area contributed by atoms with Crippen LogP contribution in [0.25, 0.3) is 10.2 Å². The summed E-state index contributed by atoms with van der Waals surface area (Å²) in [5.41, 5.74) is 8.52. The Balaban J connectivity index is 2.32. The van der Waals surface area contributed by atoms with Gasteiger partial charge in [-0.1, -0.05) is 25.1 Å². The average molecular weight is 289 g/mol. The van der Waals surface area contributed by atoms with Gasteiger partial charge in [-0.3, -0.25) is 0 Å². The second-order valence-corrected chi connectivity index (χ2v) is 6.49. The van der Waals surface area contributed by atoms with Crippen molar-refractivity contribution in [2.45, 2.75) is 38.5 Å². The molecular formula is C14H15N3S2. The average Bonchev–Trinajstić information content (AvgIpc) is 2.67. The van der Waals surface area contributed by atoms with Gasteiger partial charge in [0.15, 0.2) is 0 Å². The van der Waals surface area contributed by atoms with Crippen LogP contribution < -0.4 is 5.73 Å². The number of H-pyrrole nitrogens is 1. The lowest BCUT2D eigenvalue weighted by Crippen LogP contribution is -1.99. The summed E-state index contributed by atoms with van der Waals surface area (Å²) in [4.78, 5) is 5.63. The number of aromatic amines is 1. The Morgan fingerprint density at radius 1 is 1.21 bits per heavy atom. The first kappa shape index (κ1) is 12.6. The molecule has 98 valence electrons. The van der Waals surface area contributed by atoms with Crippen molar-refractivity contribution in [3.63, 3.8) is 0 Å². The summed E-state index contributed by atoms with van der Waals surface area (Å²) < 4.78 is 0.460. The predicted molar refractivity (Wildman–Crippen MR) is 82.0 cm³/mol. The standard InChI is InChI=1S/C14H15N3S2/c15-7-9-12(16)11-8-5-3-1-2-4-6-10(8)19-14(11)17-13(9)18/h1-6H2,(H3,16,17,18). The Morgan fingerprint density at radius 2 is 1.95 bits per heavy atom. The number of thiophene rings is 1. The van der Waals surface area contributed by atoms with Gasteiger partial charge in [-0.05, 0) is 31.2 Å². The molecule has 2 heterocycles. The number of hydrogen-bond donors (Lipinski definition) is 2. The quantitative estimate of drug-likeness (QED) is 0.718. The molecule has 1 aliphatic carbocycles. The fourth-order valence-corrected chi connectivity index (χ4v) is 4.45. The van der Waals surface area contributed by atoms with E-state index in [1.165, 1.54) is 36.1 Å². The summed E-state index contributed by atoms with van der Waals surface area (Å²) in [6.07, 6.45) is 7.22. The molecule has 3 rings (SSSR count). The van der Waals surface area contributed by atoms with Crippen molar-refractivity contribution in [1.29, 1.82) is 5.26 Å². The maximum Gasteiger partial charge on any atom is 0.124 e. The van der Waals surface area contributed by atoms with Crippen molar-refractivity contribution in [3.8, 4) is 6.07 Å². The van der Waals surface area contributed by atoms with Gasteiger partial charge in [0.25, 0.3) is 0 Å². The number of aryl methyl sites for hydroxylation is 2. The van der Waals surface area contributed by atoms with Crippen LogP contribution >= 0.6 is 23.6 Å². The third-order valence-electron chi connectivity index (χ3n) is 3.78. The normalized spacial score (nSPS) is 15.5.